The van der Waals surface area contributed by atoms with E-state index in [2.05, 4.69) is 21.2 Å². The summed E-state index contributed by atoms with van der Waals surface area (Å²) in [5.74, 6) is -2.13. The lowest BCUT2D eigenvalue weighted by Gasteiger charge is -2.07. The SMILES string of the molecule is CNCCOc1ccc(Br)cc1C=O.O=C(O)C(F)(F)F. The van der Waals surface area contributed by atoms with Gasteiger partial charge in [-0.1, -0.05) is 15.9 Å². The van der Waals surface area contributed by atoms with Gasteiger partial charge in [0.2, 0.25) is 0 Å². The summed E-state index contributed by atoms with van der Waals surface area (Å²) in [7, 11) is 1.85. The Kier molecular flexibility index (Phi) is 8.63. The van der Waals surface area contributed by atoms with Crippen LogP contribution in [0.15, 0.2) is 22.7 Å². The van der Waals surface area contributed by atoms with Crippen molar-refractivity contribution in [1.29, 1.82) is 0 Å². The number of carbonyl (C=O) groups is 2. The van der Waals surface area contributed by atoms with Crippen molar-refractivity contribution in [2.75, 3.05) is 20.2 Å². The van der Waals surface area contributed by atoms with Crippen LogP contribution >= 0.6 is 15.9 Å². The molecule has 2 N–H and O–H groups in total. The van der Waals surface area contributed by atoms with Crippen molar-refractivity contribution in [3.05, 3.63) is 28.2 Å². The second-order valence-electron chi connectivity index (χ2n) is 3.55. The molecule has 1 rings (SSSR count). The molecule has 0 spiro atoms. The molecule has 0 unspecified atom stereocenters. The minimum atomic E-state index is -5.08. The molecule has 21 heavy (non-hydrogen) atoms. The Morgan fingerprint density at radius 3 is 2.48 bits per heavy atom. The molecule has 0 heterocycles. The van der Waals surface area contributed by atoms with Crippen molar-refractivity contribution in [2.24, 2.45) is 0 Å². The van der Waals surface area contributed by atoms with Gasteiger partial charge in [0, 0.05) is 11.0 Å². The zero-order valence-corrected chi connectivity index (χ0v) is 12.5. The molecule has 5 nitrogen and oxygen atoms in total. The number of alkyl halides is 3. The van der Waals surface area contributed by atoms with Gasteiger partial charge in [0.25, 0.3) is 0 Å². The van der Waals surface area contributed by atoms with Crippen LogP contribution in [0.2, 0.25) is 0 Å². The number of halogens is 4. The van der Waals surface area contributed by atoms with Crippen molar-refractivity contribution >= 4 is 28.2 Å². The van der Waals surface area contributed by atoms with Crippen LogP contribution in [-0.2, 0) is 4.79 Å². The number of hydrogen-bond donors (Lipinski definition) is 2. The van der Waals surface area contributed by atoms with Crippen molar-refractivity contribution in [1.82, 2.24) is 5.32 Å². The van der Waals surface area contributed by atoms with E-state index in [-0.39, 0.29) is 0 Å². The third kappa shape index (κ3) is 8.30. The van der Waals surface area contributed by atoms with Gasteiger partial charge in [-0.3, -0.25) is 4.79 Å². The number of likely N-dealkylation sites (N-methyl/N-ethyl adjacent to an activating group) is 1. The van der Waals surface area contributed by atoms with E-state index in [1.807, 2.05) is 13.1 Å². The lowest BCUT2D eigenvalue weighted by molar-refractivity contribution is -0.192. The summed E-state index contributed by atoms with van der Waals surface area (Å²) < 4.78 is 38.0. The molecular weight excluding hydrogens is 359 g/mol. The fourth-order valence-corrected chi connectivity index (χ4v) is 1.38. The van der Waals surface area contributed by atoms with Gasteiger partial charge < -0.3 is 15.2 Å². The maximum atomic E-state index is 10.7. The zero-order chi connectivity index (χ0) is 16.5. The third-order valence-electron chi connectivity index (χ3n) is 1.95. The number of ether oxygens (including phenoxy) is 1. The Morgan fingerprint density at radius 1 is 1.48 bits per heavy atom. The van der Waals surface area contributed by atoms with Crippen LogP contribution in [0.25, 0.3) is 0 Å². The van der Waals surface area contributed by atoms with Gasteiger partial charge >= 0.3 is 12.1 Å². The summed E-state index contributed by atoms with van der Waals surface area (Å²) in [6.07, 6.45) is -4.29. The molecule has 0 saturated carbocycles. The molecule has 0 amide bonds. The molecule has 0 bridgehead atoms. The summed E-state index contributed by atoms with van der Waals surface area (Å²) >= 11 is 3.29. The van der Waals surface area contributed by atoms with Crippen LogP contribution in [0.3, 0.4) is 0 Å². The third-order valence-corrected chi connectivity index (χ3v) is 2.44. The van der Waals surface area contributed by atoms with Crippen LogP contribution in [-0.4, -0.2) is 43.7 Å². The van der Waals surface area contributed by atoms with E-state index < -0.39 is 12.1 Å². The maximum absolute atomic E-state index is 10.7. The number of aldehydes is 1. The minimum Gasteiger partial charge on any atom is -0.492 e. The first-order valence-electron chi connectivity index (χ1n) is 5.54. The van der Waals surface area contributed by atoms with Crippen molar-refractivity contribution < 1.29 is 32.6 Å². The summed E-state index contributed by atoms with van der Waals surface area (Å²) in [6, 6.07) is 5.37. The van der Waals surface area contributed by atoms with E-state index in [0.29, 0.717) is 17.9 Å². The first kappa shape index (κ1) is 19.4. The van der Waals surface area contributed by atoms with Gasteiger partial charge in [0.05, 0.1) is 5.56 Å². The second kappa shape index (κ2) is 9.35. The van der Waals surface area contributed by atoms with E-state index in [4.69, 9.17) is 14.6 Å². The molecule has 0 aromatic heterocycles. The molecule has 0 aliphatic heterocycles. The normalized spacial score (nSPS) is 10.3. The summed E-state index contributed by atoms with van der Waals surface area (Å²) in [5, 5.41) is 10.1. The Balaban J connectivity index is 0.000000486. The molecule has 0 saturated heterocycles. The largest absolute Gasteiger partial charge is 0.492 e. The molecule has 0 atom stereocenters. The summed E-state index contributed by atoms with van der Waals surface area (Å²) in [6.45, 7) is 1.31. The summed E-state index contributed by atoms with van der Waals surface area (Å²) in [5.41, 5.74) is 0.565. The predicted molar refractivity (Wildman–Crippen MR) is 72.6 cm³/mol. The smallest absolute Gasteiger partial charge is 0.490 e. The highest BCUT2D eigenvalue weighted by molar-refractivity contribution is 9.10. The topological polar surface area (TPSA) is 75.6 Å². The van der Waals surface area contributed by atoms with Crippen molar-refractivity contribution in [2.45, 2.75) is 6.18 Å². The van der Waals surface area contributed by atoms with Gasteiger partial charge in [0.15, 0.2) is 6.29 Å². The van der Waals surface area contributed by atoms with E-state index in [1.54, 1.807) is 12.1 Å². The zero-order valence-electron chi connectivity index (χ0n) is 10.9. The lowest BCUT2D eigenvalue weighted by atomic mass is 10.2. The molecule has 118 valence electrons. The Bertz CT molecular complexity index is 480. The van der Waals surface area contributed by atoms with Crippen LogP contribution in [0.4, 0.5) is 13.2 Å². The minimum absolute atomic E-state index is 0.555. The molecule has 0 fully saturated rings. The standard InChI is InChI=1S/C10H12BrNO2.C2HF3O2/c1-12-4-5-14-10-3-2-9(11)6-8(10)7-13;3-2(4,5)1(6)7/h2-3,6-7,12H,4-5H2,1H3;(H,6,7). The molecule has 0 radical (unpaired) electrons. The molecule has 0 aliphatic carbocycles. The predicted octanol–water partition coefficient (Wildman–Crippen LogP) is 2.49. The van der Waals surface area contributed by atoms with Crippen LogP contribution in [0, 0.1) is 0 Å². The van der Waals surface area contributed by atoms with Gasteiger partial charge in [0.1, 0.15) is 12.4 Å². The average molecular weight is 372 g/mol. The van der Waals surface area contributed by atoms with Gasteiger partial charge in [-0.05, 0) is 25.2 Å². The highest BCUT2D eigenvalue weighted by Crippen LogP contribution is 2.21. The molecule has 0 aliphatic rings. The van der Waals surface area contributed by atoms with Gasteiger partial charge in [-0.2, -0.15) is 13.2 Å². The molecular formula is C12H13BrF3NO4. The fourth-order valence-electron chi connectivity index (χ4n) is 1.01. The number of carbonyl (C=O) groups excluding carboxylic acids is 1. The quantitative estimate of drug-likeness (QED) is 0.614. The molecule has 1 aromatic rings. The lowest BCUT2D eigenvalue weighted by Crippen LogP contribution is -2.21. The van der Waals surface area contributed by atoms with E-state index in [1.165, 1.54) is 0 Å². The van der Waals surface area contributed by atoms with E-state index in [0.717, 1.165) is 17.3 Å². The highest BCUT2D eigenvalue weighted by atomic mass is 79.9. The van der Waals surface area contributed by atoms with Crippen LogP contribution < -0.4 is 10.1 Å². The number of carboxylic acid groups (broad SMARTS) is 1. The number of hydrogen-bond acceptors (Lipinski definition) is 4. The fraction of sp³-hybridized carbons (Fsp3) is 0.333. The number of nitrogens with one attached hydrogen (secondary N) is 1. The molecule has 1 aromatic carbocycles. The number of rotatable bonds is 5. The Labute approximate surface area is 127 Å². The first-order valence-corrected chi connectivity index (χ1v) is 6.34. The second-order valence-corrected chi connectivity index (χ2v) is 4.47. The Hall–Kier alpha value is -1.61. The number of aliphatic carboxylic acids is 1. The van der Waals surface area contributed by atoms with Crippen LogP contribution in [0.1, 0.15) is 10.4 Å². The monoisotopic (exact) mass is 371 g/mol. The van der Waals surface area contributed by atoms with Crippen molar-refractivity contribution in [3.8, 4) is 5.75 Å². The average Bonchev–Trinajstić information content (AvgIpc) is 2.40. The van der Waals surface area contributed by atoms with E-state index in [9.17, 15) is 18.0 Å². The number of benzene rings is 1. The number of carboxylic acids is 1. The van der Waals surface area contributed by atoms with Gasteiger partial charge in [-0.25, -0.2) is 4.79 Å². The van der Waals surface area contributed by atoms with Gasteiger partial charge in [-0.15, -0.1) is 0 Å². The highest BCUT2D eigenvalue weighted by Gasteiger charge is 2.38. The van der Waals surface area contributed by atoms with Crippen LogP contribution in [0.5, 0.6) is 5.75 Å². The van der Waals surface area contributed by atoms with Crippen molar-refractivity contribution in [3.63, 3.8) is 0 Å². The first-order chi connectivity index (χ1) is 9.72. The van der Waals surface area contributed by atoms with E-state index >= 15 is 0 Å². The summed E-state index contributed by atoms with van der Waals surface area (Å²) in [4.78, 5) is 19.6. The maximum Gasteiger partial charge on any atom is 0.490 e. The molecule has 9 heteroatoms. The Morgan fingerprint density at radius 2 is 2.05 bits per heavy atom.